The van der Waals surface area contributed by atoms with Crippen molar-refractivity contribution in [3.05, 3.63) is 82.3 Å². The Bertz CT molecular complexity index is 1300. The number of carbonyl (C=O) groups is 2. The van der Waals surface area contributed by atoms with Gasteiger partial charge in [0.2, 0.25) is 0 Å². The fourth-order valence-electron chi connectivity index (χ4n) is 3.13. The van der Waals surface area contributed by atoms with Gasteiger partial charge in [-0.1, -0.05) is 11.6 Å². The summed E-state index contributed by atoms with van der Waals surface area (Å²) in [5.74, 6) is -0.447. The third-order valence-corrected chi connectivity index (χ3v) is 4.96. The zero-order valence-corrected chi connectivity index (χ0v) is 17.5. The summed E-state index contributed by atoms with van der Waals surface area (Å²) in [5, 5.41) is 3.38. The van der Waals surface area contributed by atoms with Gasteiger partial charge in [0.25, 0.3) is 11.8 Å². The molecule has 7 nitrogen and oxygen atoms in total. The third kappa shape index (κ3) is 4.44. The number of nitrogens with one attached hydrogen (secondary N) is 2. The Morgan fingerprint density at radius 2 is 2.03 bits per heavy atom. The molecule has 0 bridgehead atoms. The second-order valence-electron chi connectivity index (χ2n) is 7.12. The molecule has 4 aromatic rings. The first kappa shape index (κ1) is 20.6. The van der Waals surface area contributed by atoms with Crippen LogP contribution in [0.5, 0.6) is 0 Å². The zero-order valence-electron chi connectivity index (χ0n) is 16.7. The Hall–Kier alpha value is -3.65. The van der Waals surface area contributed by atoms with Crippen molar-refractivity contribution in [2.75, 3.05) is 12.4 Å². The second kappa shape index (κ2) is 8.23. The number of halogens is 2. The molecule has 0 saturated carbocycles. The van der Waals surface area contributed by atoms with E-state index in [9.17, 15) is 14.0 Å². The van der Waals surface area contributed by atoms with Crippen LogP contribution in [0.4, 0.5) is 10.1 Å². The lowest BCUT2D eigenvalue weighted by molar-refractivity contribution is 0.0752. The lowest BCUT2D eigenvalue weighted by Gasteiger charge is -2.13. The Balaban J connectivity index is 1.51. The Morgan fingerprint density at radius 1 is 1.23 bits per heavy atom. The summed E-state index contributed by atoms with van der Waals surface area (Å²) in [6.45, 7) is 2.20. The van der Waals surface area contributed by atoms with Crippen molar-refractivity contribution in [2.24, 2.45) is 0 Å². The highest BCUT2D eigenvalue weighted by atomic mass is 35.5. The molecule has 0 unspecified atom stereocenters. The smallest absolute Gasteiger partial charge is 0.289 e. The summed E-state index contributed by atoms with van der Waals surface area (Å²) in [5.41, 5.74) is 2.05. The number of aromatic nitrogens is 2. The Labute approximate surface area is 181 Å². The summed E-state index contributed by atoms with van der Waals surface area (Å²) in [6.07, 6.45) is 1.70. The fourth-order valence-corrected chi connectivity index (χ4v) is 3.38. The van der Waals surface area contributed by atoms with Gasteiger partial charge >= 0.3 is 0 Å². The number of amides is 2. The van der Waals surface area contributed by atoms with Gasteiger partial charge in [0.05, 0.1) is 17.1 Å². The minimum absolute atomic E-state index is 0.0181. The number of fused-ring (bicyclic) bond motifs is 1. The molecule has 158 valence electrons. The number of imidazole rings is 1. The highest BCUT2D eigenvalue weighted by Gasteiger charge is 2.19. The highest BCUT2D eigenvalue weighted by molar-refractivity contribution is 6.34. The number of benzene rings is 2. The van der Waals surface area contributed by atoms with E-state index in [1.54, 1.807) is 37.5 Å². The monoisotopic (exact) mass is 440 g/mol. The summed E-state index contributed by atoms with van der Waals surface area (Å²) < 4.78 is 18.9. The standard InChI is InChI=1S/C22H18ClFN4O3/c1-12-10-25-20(26-12)11-28(2)22(30)19-8-13-7-15(4-6-18(13)31-19)27-21(29)16-5-3-14(24)9-17(16)23/h3-10H,11H2,1-2H3,(H,25,26)(H,27,29). The molecule has 2 N–H and O–H groups in total. The van der Waals surface area contributed by atoms with E-state index in [-0.39, 0.29) is 22.3 Å². The number of nitrogens with zero attached hydrogens (tertiary/aromatic N) is 2. The molecule has 0 aliphatic rings. The minimum atomic E-state index is -0.522. The third-order valence-electron chi connectivity index (χ3n) is 4.65. The number of hydrogen-bond donors (Lipinski definition) is 2. The molecule has 2 aromatic carbocycles. The first-order valence-corrected chi connectivity index (χ1v) is 9.74. The van der Waals surface area contributed by atoms with E-state index < -0.39 is 11.7 Å². The first-order valence-electron chi connectivity index (χ1n) is 9.36. The molecule has 4 rings (SSSR count). The molecule has 0 aliphatic heterocycles. The molecule has 0 radical (unpaired) electrons. The van der Waals surface area contributed by atoms with Crippen LogP contribution in [-0.4, -0.2) is 33.7 Å². The maximum atomic E-state index is 13.2. The van der Waals surface area contributed by atoms with Crippen LogP contribution in [0.25, 0.3) is 11.0 Å². The molecule has 2 heterocycles. The van der Waals surface area contributed by atoms with Gasteiger partial charge < -0.3 is 19.6 Å². The topological polar surface area (TPSA) is 91.2 Å². The van der Waals surface area contributed by atoms with Crippen LogP contribution in [0.1, 0.15) is 32.4 Å². The van der Waals surface area contributed by atoms with E-state index in [0.29, 0.717) is 29.0 Å². The van der Waals surface area contributed by atoms with Gasteiger partial charge in [-0.2, -0.15) is 0 Å². The van der Waals surface area contributed by atoms with Crippen LogP contribution in [0.3, 0.4) is 0 Å². The molecule has 2 aromatic heterocycles. The first-order chi connectivity index (χ1) is 14.8. The van der Waals surface area contributed by atoms with Crippen molar-refractivity contribution in [3.8, 4) is 0 Å². The van der Waals surface area contributed by atoms with E-state index >= 15 is 0 Å². The van der Waals surface area contributed by atoms with Crippen molar-refractivity contribution in [3.63, 3.8) is 0 Å². The second-order valence-corrected chi connectivity index (χ2v) is 7.52. The highest BCUT2D eigenvalue weighted by Crippen LogP contribution is 2.25. The van der Waals surface area contributed by atoms with Crippen LogP contribution in [0, 0.1) is 12.7 Å². The number of furan rings is 1. The number of aryl methyl sites for hydroxylation is 1. The predicted molar refractivity (Wildman–Crippen MR) is 115 cm³/mol. The maximum absolute atomic E-state index is 13.2. The largest absolute Gasteiger partial charge is 0.451 e. The van der Waals surface area contributed by atoms with Crippen molar-refractivity contribution >= 4 is 40.1 Å². The van der Waals surface area contributed by atoms with Crippen LogP contribution in [0.2, 0.25) is 5.02 Å². The summed E-state index contributed by atoms with van der Waals surface area (Å²) in [4.78, 5) is 33.9. The molecule has 0 spiro atoms. The molecule has 0 fully saturated rings. The maximum Gasteiger partial charge on any atom is 0.289 e. The number of rotatable bonds is 5. The molecule has 2 amide bonds. The van der Waals surface area contributed by atoms with E-state index in [0.717, 1.165) is 11.8 Å². The van der Waals surface area contributed by atoms with Gasteiger partial charge in [-0.05, 0) is 49.4 Å². The predicted octanol–water partition coefficient (Wildman–Crippen LogP) is 4.78. The Kier molecular flexibility index (Phi) is 5.48. The van der Waals surface area contributed by atoms with Gasteiger partial charge in [-0.15, -0.1) is 0 Å². The van der Waals surface area contributed by atoms with E-state index in [2.05, 4.69) is 15.3 Å². The van der Waals surface area contributed by atoms with Gasteiger partial charge in [-0.25, -0.2) is 9.37 Å². The fraction of sp³-hybridized carbons (Fsp3) is 0.136. The molecule has 0 atom stereocenters. The summed E-state index contributed by atoms with van der Waals surface area (Å²) in [6, 6.07) is 10.2. The van der Waals surface area contributed by atoms with Crippen LogP contribution in [0.15, 0.2) is 53.1 Å². The van der Waals surface area contributed by atoms with Crippen LogP contribution >= 0.6 is 11.6 Å². The molecule has 31 heavy (non-hydrogen) atoms. The van der Waals surface area contributed by atoms with E-state index in [1.807, 2.05) is 6.92 Å². The van der Waals surface area contributed by atoms with E-state index in [4.69, 9.17) is 16.0 Å². The SMILES string of the molecule is Cc1cnc(CN(C)C(=O)c2cc3cc(NC(=O)c4ccc(F)cc4Cl)ccc3o2)[nH]1. The summed E-state index contributed by atoms with van der Waals surface area (Å²) >= 11 is 5.95. The number of H-pyrrole nitrogens is 1. The van der Waals surface area contributed by atoms with Crippen LogP contribution < -0.4 is 5.32 Å². The van der Waals surface area contributed by atoms with Gasteiger partial charge in [0.1, 0.15) is 17.2 Å². The van der Waals surface area contributed by atoms with Crippen molar-refractivity contribution in [1.82, 2.24) is 14.9 Å². The minimum Gasteiger partial charge on any atom is -0.451 e. The average Bonchev–Trinajstić information content (AvgIpc) is 3.32. The van der Waals surface area contributed by atoms with Crippen molar-refractivity contribution in [1.29, 1.82) is 0 Å². The zero-order chi connectivity index (χ0) is 22.1. The van der Waals surface area contributed by atoms with Crippen LogP contribution in [-0.2, 0) is 6.54 Å². The van der Waals surface area contributed by atoms with E-state index in [1.165, 1.54) is 17.0 Å². The molecular weight excluding hydrogens is 423 g/mol. The molecule has 0 saturated heterocycles. The average molecular weight is 441 g/mol. The van der Waals surface area contributed by atoms with Crippen molar-refractivity contribution < 1.29 is 18.4 Å². The van der Waals surface area contributed by atoms with Gasteiger partial charge in [-0.3, -0.25) is 9.59 Å². The molecule has 9 heteroatoms. The quantitative estimate of drug-likeness (QED) is 0.467. The van der Waals surface area contributed by atoms with Crippen molar-refractivity contribution in [2.45, 2.75) is 13.5 Å². The lowest BCUT2D eigenvalue weighted by Crippen LogP contribution is -2.26. The molecular formula is C22H18ClFN4O3. The number of anilines is 1. The number of aromatic amines is 1. The number of hydrogen-bond acceptors (Lipinski definition) is 4. The number of carbonyl (C=O) groups excluding carboxylic acids is 2. The molecule has 0 aliphatic carbocycles. The summed E-state index contributed by atoms with van der Waals surface area (Å²) in [7, 11) is 1.66. The normalized spacial score (nSPS) is 11.0. The van der Waals surface area contributed by atoms with Gasteiger partial charge in [0.15, 0.2) is 5.76 Å². The lowest BCUT2D eigenvalue weighted by atomic mass is 10.2. The van der Waals surface area contributed by atoms with Gasteiger partial charge in [0, 0.05) is 30.0 Å². The Morgan fingerprint density at radius 3 is 2.74 bits per heavy atom.